The van der Waals surface area contributed by atoms with Crippen molar-refractivity contribution in [2.75, 3.05) is 26.7 Å². The van der Waals surface area contributed by atoms with Crippen molar-refractivity contribution in [3.05, 3.63) is 0 Å². The van der Waals surface area contributed by atoms with E-state index in [0.717, 1.165) is 17.2 Å². The molecule has 21 heavy (non-hydrogen) atoms. The highest BCUT2D eigenvalue weighted by atomic mass is 16.4. The fourth-order valence-corrected chi connectivity index (χ4v) is 3.81. The second-order valence-electron chi connectivity index (χ2n) is 6.31. The Balaban J connectivity index is 1.92. The molecule has 0 aliphatic heterocycles. The summed E-state index contributed by atoms with van der Waals surface area (Å²) < 4.78 is 0. The molecule has 2 aliphatic carbocycles. The highest BCUT2D eigenvalue weighted by Crippen LogP contribution is 2.48. The summed E-state index contributed by atoms with van der Waals surface area (Å²) in [5.41, 5.74) is 5.08. The second-order valence-corrected chi connectivity index (χ2v) is 6.31. The SMILES string of the molecule is CN(CC1CC2CCC1C2)C(=O)N(CC(N)=O)CC(=O)O. The van der Waals surface area contributed by atoms with Gasteiger partial charge in [0.15, 0.2) is 0 Å². The highest BCUT2D eigenvalue weighted by molar-refractivity contribution is 5.85. The molecule has 0 saturated heterocycles. The molecule has 2 bridgehead atoms. The largest absolute Gasteiger partial charge is 0.480 e. The van der Waals surface area contributed by atoms with Crippen LogP contribution in [-0.2, 0) is 9.59 Å². The maximum atomic E-state index is 12.3. The van der Waals surface area contributed by atoms with E-state index < -0.39 is 24.5 Å². The number of primary amides is 1. The normalized spacial score (nSPS) is 26.6. The number of carboxylic acids is 1. The summed E-state index contributed by atoms with van der Waals surface area (Å²) in [5.74, 6) is 0.118. The maximum absolute atomic E-state index is 12.3. The summed E-state index contributed by atoms with van der Waals surface area (Å²) in [5, 5.41) is 8.83. The maximum Gasteiger partial charge on any atom is 0.323 e. The number of rotatable bonds is 6. The third kappa shape index (κ3) is 3.86. The van der Waals surface area contributed by atoms with E-state index in [0.29, 0.717) is 18.4 Å². The molecule has 2 aliphatic rings. The summed E-state index contributed by atoms with van der Waals surface area (Å²) in [4.78, 5) is 36.6. The average molecular weight is 297 g/mol. The molecule has 2 rings (SSSR count). The Morgan fingerprint density at radius 3 is 2.38 bits per heavy atom. The Labute approximate surface area is 124 Å². The predicted octanol–water partition coefficient (Wildman–Crippen LogP) is 0.346. The molecule has 3 amide bonds. The molecule has 0 heterocycles. The first-order chi connectivity index (χ1) is 9.86. The summed E-state index contributed by atoms with van der Waals surface area (Å²) in [6.45, 7) is -0.260. The lowest BCUT2D eigenvalue weighted by Crippen LogP contribution is -2.48. The van der Waals surface area contributed by atoms with E-state index in [4.69, 9.17) is 10.8 Å². The van der Waals surface area contributed by atoms with Gasteiger partial charge in [0.2, 0.25) is 5.91 Å². The van der Waals surface area contributed by atoms with Crippen LogP contribution in [0.1, 0.15) is 25.7 Å². The van der Waals surface area contributed by atoms with Crippen molar-refractivity contribution in [3.8, 4) is 0 Å². The van der Waals surface area contributed by atoms with Gasteiger partial charge in [-0.05, 0) is 37.0 Å². The van der Waals surface area contributed by atoms with Gasteiger partial charge in [0.05, 0.1) is 0 Å². The van der Waals surface area contributed by atoms with Crippen LogP contribution in [0, 0.1) is 17.8 Å². The van der Waals surface area contributed by atoms with E-state index >= 15 is 0 Å². The number of hydrogen-bond acceptors (Lipinski definition) is 3. The van der Waals surface area contributed by atoms with E-state index in [-0.39, 0.29) is 6.54 Å². The van der Waals surface area contributed by atoms with Gasteiger partial charge in [0.1, 0.15) is 13.1 Å². The molecule has 7 nitrogen and oxygen atoms in total. The topological polar surface area (TPSA) is 104 Å². The van der Waals surface area contributed by atoms with E-state index in [1.807, 2.05) is 0 Å². The Hall–Kier alpha value is -1.79. The van der Waals surface area contributed by atoms with Gasteiger partial charge in [0, 0.05) is 13.6 Å². The average Bonchev–Trinajstić information content (AvgIpc) is 2.98. The molecule has 2 saturated carbocycles. The lowest BCUT2D eigenvalue weighted by molar-refractivity contribution is -0.138. The molecule has 118 valence electrons. The molecular formula is C14H23N3O4. The number of hydrogen-bond donors (Lipinski definition) is 2. The lowest BCUT2D eigenvalue weighted by atomic mass is 9.88. The first-order valence-corrected chi connectivity index (χ1v) is 7.37. The quantitative estimate of drug-likeness (QED) is 0.738. The zero-order valence-electron chi connectivity index (χ0n) is 12.3. The van der Waals surface area contributed by atoms with Crippen LogP contribution in [-0.4, -0.2) is 59.5 Å². The van der Waals surface area contributed by atoms with Gasteiger partial charge in [0.25, 0.3) is 0 Å². The summed E-state index contributed by atoms with van der Waals surface area (Å²) in [6.07, 6.45) is 4.94. The Bertz CT molecular complexity index is 424. The van der Waals surface area contributed by atoms with Crippen LogP contribution in [0.3, 0.4) is 0 Å². The number of carbonyl (C=O) groups is 3. The summed E-state index contributed by atoms with van der Waals surface area (Å²) in [7, 11) is 1.66. The molecular weight excluding hydrogens is 274 g/mol. The van der Waals surface area contributed by atoms with Crippen molar-refractivity contribution in [1.82, 2.24) is 9.80 Å². The van der Waals surface area contributed by atoms with Crippen LogP contribution in [0.5, 0.6) is 0 Å². The Morgan fingerprint density at radius 1 is 1.19 bits per heavy atom. The molecule has 0 aromatic rings. The monoisotopic (exact) mass is 297 g/mol. The molecule has 2 fully saturated rings. The molecule has 0 radical (unpaired) electrons. The third-order valence-corrected chi connectivity index (χ3v) is 4.66. The fraction of sp³-hybridized carbons (Fsp3) is 0.786. The van der Waals surface area contributed by atoms with Gasteiger partial charge < -0.3 is 20.6 Å². The van der Waals surface area contributed by atoms with Crippen LogP contribution in [0.15, 0.2) is 0 Å². The van der Waals surface area contributed by atoms with E-state index in [1.54, 1.807) is 7.05 Å². The number of fused-ring (bicyclic) bond motifs is 2. The van der Waals surface area contributed by atoms with Crippen LogP contribution < -0.4 is 5.73 Å². The Morgan fingerprint density at radius 2 is 1.90 bits per heavy atom. The van der Waals surface area contributed by atoms with E-state index in [1.165, 1.54) is 24.2 Å². The third-order valence-electron chi connectivity index (χ3n) is 4.66. The molecule has 0 aromatic carbocycles. The molecule has 0 spiro atoms. The van der Waals surface area contributed by atoms with Gasteiger partial charge >= 0.3 is 12.0 Å². The minimum Gasteiger partial charge on any atom is -0.480 e. The van der Waals surface area contributed by atoms with E-state index in [2.05, 4.69) is 0 Å². The van der Waals surface area contributed by atoms with Crippen molar-refractivity contribution in [1.29, 1.82) is 0 Å². The van der Waals surface area contributed by atoms with Gasteiger partial charge in [-0.1, -0.05) is 6.42 Å². The van der Waals surface area contributed by atoms with Crippen LogP contribution in [0.4, 0.5) is 4.79 Å². The van der Waals surface area contributed by atoms with Gasteiger partial charge in [-0.2, -0.15) is 0 Å². The number of carboxylic acid groups (broad SMARTS) is 1. The second kappa shape index (κ2) is 6.32. The zero-order chi connectivity index (χ0) is 15.6. The first-order valence-electron chi connectivity index (χ1n) is 7.37. The molecule has 3 atom stereocenters. The number of urea groups is 1. The molecule has 3 unspecified atom stereocenters. The Kier molecular flexibility index (Phi) is 4.69. The van der Waals surface area contributed by atoms with Crippen molar-refractivity contribution < 1.29 is 19.5 Å². The van der Waals surface area contributed by atoms with Crippen molar-refractivity contribution >= 4 is 17.9 Å². The van der Waals surface area contributed by atoms with Gasteiger partial charge in [-0.15, -0.1) is 0 Å². The van der Waals surface area contributed by atoms with Crippen molar-refractivity contribution in [2.24, 2.45) is 23.5 Å². The fourth-order valence-electron chi connectivity index (χ4n) is 3.81. The number of aliphatic carboxylic acids is 1. The summed E-state index contributed by atoms with van der Waals surface area (Å²) >= 11 is 0. The number of nitrogens with two attached hydrogens (primary N) is 1. The minimum atomic E-state index is -1.15. The van der Waals surface area contributed by atoms with E-state index in [9.17, 15) is 14.4 Å². The molecule has 7 heteroatoms. The lowest BCUT2D eigenvalue weighted by Gasteiger charge is -2.30. The van der Waals surface area contributed by atoms with Crippen LogP contribution in [0.2, 0.25) is 0 Å². The van der Waals surface area contributed by atoms with Crippen molar-refractivity contribution in [2.45, 2.75) is 25.7 Å². The number of carbonyl (C=O) groups excluding carboxylic acids is 2. The standard InChI is InChI=1S/C14H23N3O4/c1-16(6-11-5-9-2-3-10(11)4-9)14(21)17(7-12(15)18)8-13(19)20/h9-11H,2-8H2,1H3,(H2,15,18)(H,19,20). The minimum absolute atomic E-state index is 0.369. The van der Waals surface area contributed by atoms with Crippen LogP contribution >= 0.6 is 0 Å². The first kappa shape index (κ1) is 15.6. The number of nitrogens with zero attached hydrogens (tertiary/aromatic N) is 2. The zero-order valence-corrected chi connectivity index (χ0v) is 12.3. The van der Waals surface area contributed by atoms with Gasteiger partial charge in [-0.25, -0.2) is 4.79 Å². The molecule has 3 N–H and O–H groups in total. The van der Waals surface area contributed by atoms with Crippen molar-refractivity contribution in [3.63, 3.8) is 0 Å². The van der Waals surface area contributed by atoms with Crippen LogP contribution in [0.25, 0.3) is 0 Å². The summed E-state index contributed by atoms with van der Waals surface area (Å²) in [6, 6.07) is -0.445. The van der Waals surface area contributed by atoms with Gasteiger partial charge in [-0.3, -0.25) is 9.59 Å². The highest BCUT2D eigenvalue weighted by Gasteiger charge is 2.40. The number of amides is 3. The predicted molar refractivity (Wildman–Crippen MR) is 75.4 cm³/mol. The smallest absolute Gasteiger partial charge is 0.323 e. The molecule has 0 aromatic heterocycles.